The Morgan fingerprint density at radius 2 is 1.96 bits per heavy atom. The van der Waals surface area contributed by atoms with Crippen LogP contribution in [0.1, 0.15) is 50.4 Å². The molecule has 4 rings (SSSR count). The Labute approximate surface area is 171 Å². The molecule has 0 radical (unpaired) electrons. The number of halogens is 2. The highest BCUT2D eigenvalue weighted by atomic mass is 35.5. The lowest BCUT2D eigenvalue weighted by atomic mass is 10.2. The van der Waals surface area contributed by atoms with E-state index in [1.165, 1.54) is 4.68 Å². The van der Waals surface area contributed by atoms with Crippen LogP contribution in [0.4, 0.5) is 5.69 Å². The minimum Gasteiger partial charge on any atom is -0.358 e. The van der Waals surface area contributed by atoms with Gasteiger partial charge in [-0.3, -0.25) is 4.79 Å². The molecular formula is C19H19Cl2N5O2. The van der Waals surface area contributed by atoms with Gasteiger partial charge in [0.15, 0.2) is 5.82 Å². The summed E-state index contributed by atoms with van der Waals surface area (Å²) in [6.07, 6.45) is 3.40. The summed E-state index contributed by atoms with van der Waals surface area (Å²) < 4.78 is 6.61. The van der Waals surface area contributed by atoms with E-state index in [0.29, 0.717) is 28.1 Å². The van der Waals surface area contributed by atoms with Gasteiger partial charge in [0.25, 0.3) is 5.56 Å². The van der Waals surface area contributed by atoms with Gasteiger partial charge in [-0.25, -0.2) is 0 Å². The molecule has 0 aliphatic carbocycles. The Bertz CT molecular complexity index is 1050. The number of hydrogen-bond acceptors (Lipinski definition) is 6. The van der Waals surface area contributed by atoms with E-state index in [0.717, 1.165) is 19.4 Å². The van der Waals surface area contributed by atoms with Crippen molar-refractivity contribution in [1.82, 2.24) is 19.9 Å². The van der Waals surface area contributed by atoms with Crippen LogP contribution in [-0.4, -0.2) is 26.5 Å². The Hall–Kier alpha value is -2.38. The Morgan fingerprint density at radius 1 is 1.21 bits per heavy atom. The summed E-state index contributed by atoms with van der Waals surface area (Å²) in [7, 11) is 0. The molecule has 28 heavy (non-hydrogen) atoms. The highest BCUT2D eigenvalue weighted by molar-refractivity contribution is 6.33. The highest BCUT2D eigenvalue weighted by Crippen LogP contribution is 2.37. The van der Waals surface area contributed by atoms with Gasteiger partial charge in [-0.15, -0.1) is 0 Å². The van der Waals surface area contributed by atoms with Crippen molar-refractivity contribution in [2.24, 2.45) is 0 Å². The van der Waals surface area contributed by atoms with Gasteiger partial charge in [0.2, 0.25) is 5.89 Å². The zero-order valence-electron chi connectivity index (χ0n) is 15.5. The summed E-state index contributed by atoms with van der Waals surface area (Å²) in [6.45, 7) is 4.74. The lowest BCUT2D eigenvalue weighted by Crippen LogP contribution is -2.29. The van der Waals surface area contributed by atoms with Crippen molar-refractivity contribution in [3.63, 3.8) is 0 Å². The third kappa shape index (κ3) is 3.40. The van der Waals surface area contributed by atoms with Crippen molar-refractivity contribution in [3.8, 4) is 5.69 Å². The minimum atomic E-state index is -0.386. The quantitative estimate of drug-likeness (QED) is 0.623. The highest BCUT2D eigenvalue weighted by Gasteiger charge is 2.32. The average molecular weight is 420 g/mol. The fraction of sp³-hybridized carbons (Fsp3) is 0.368. The van der Waals surface area contributed by atoms with E-state index in [-0.39, 0.29) is 22.5 Å². The molecule has 1 saturated heterocycles. The summed E-state index contributed by atoms with van der Waals surface area (Å²) in [4.78, 5) is 19.4. The van der Waals surface area contributed by atoms with Gasteiger partial charge in [0.05, 0.1) is 23.6 Å². The van der Waals surface area contributed by atoms with Crippen LogP contribution in [0.15, 0.2) is 39.8 Å². The normalized spacial score (nSPS) is 16.9. The van der Waals surface area contributed by atoms with Gasteiger partial charge in [0, 0.05) is 17.5 Å². The van der Waals surface area contributed by atoms with Crippen LogP contribution >= 0.6 is 23.2 Å². The van der Waals surface area contributed by atoms with Gasteiger partial charge in [-0.05, 0) is 37.1 Å². The summed E-state index contributed by atoms with van der Waals surface area (Å²) in [5, 5.41) is 9.15. The van der Waals surface area contributed by atoms with Crippen LogP contribution in [0.5, 0.6) is 0 Å². The van der Waals surface area contributed by atoms with Crippen LogP contribution < -0.4 is 10.5 Å². The van der Waals surface area contributed by atoms with Crippen LogP contribution in [0.3, 0.4) is 0 Å². The lowest BCUT2D eigenvalue weighted by molar-refractivity contribution is 0.358. The largest absolute Gasteiger partial charge is 0.358 e. The third-order valence-corrected chi connectivity index (χ3v) is 5.39. The molecule has 0 spiro atoms. The molecule has 1 aliphatic rings. The van der Waals surface area contributed by atoms with Gasteiger partial charge in [-0.1, -0.05) is 42.2 Å². The Morgan fingerprint density at radius 3 is 2.64 bits per heavy atom. The first-order valence-electron chi connectivity index (χ1n) is 9.09. The van der Waals surface area contributed by atoms with Gasteiger partial charge in [-0.2, -0.15) is 14.8 Å². The number of nitrogens with zero attached hydrogens (tertiary/aromatic N) is 5. The molecule has 1 aliphatic heterocycles. The molecule has 0 N–H and O–H groups in total. The molecular weight excluding hydrogens is 401 g/mol. The Kier molecular flexibility index (Phi) is 5.12. The average Bonchev–Trinajstić information content (AvgIpc) is 3.34. The molecule has 0 bridgehead atoms. The number of hydrogen-bond donors (Lipinski definition) is 0. The van der Waals surface area contributed by atoms with E-state index in [1.807, 2.05) is 18.7 Å². The molecule has 1 atom stereocenters. The predicted molar refractivity (Wildman–Crippen MR) is 108 cm³/mol. The molecule has 7 nitrogen and oxygen atoms in total. The minimum absolute atomic E-state index is 0.0960. The van der Waals surface area contributed by atoms with E-state index in [2.05, 4.69) is 15.2 Å². The number of rotatable bonds is 4. The standard InChI is InChI=1S/C19H19Cl2N5O2/c1-11(2)18-23-17(24-28-18)14-4-3-9-25(14)15-10-22-26(19(27)16(15)21)13-7-5-12(20)6-8-13/h5-8,10-11,14H,3-4,9H2,1-2H3. The second kappa shape index (κ2) is 7.56. The topological polar surface area (TPSA) is 77.1 Å². The van der Waals surface area contributed by atoms with Crippen LogP contribution in [0.2, 0.25) is 10.0 Å². The molecule has 146 valence electrons. The fourth-order valence-corrected chi connectivity index (χ4v) is 3.69. The van der Waals surface area contributed by atoms with Crippen LogP contribution in [-0.2, 0) is 0 Å². The smallest absolute Gasteiger partial charge is 0.292 e. The van der Waals surface area contributed by atoms with Gasteiger partial charge < -0.3 is 9.42 Å². The number of aromatic nitrogens is 4. The van der Waals surface area contributed by atoms with Crippen molar-refractivity contribution in [2.45, 2.75) is 38.6 Å². The van der Waals surface area contributed by atoms with Crippen molar-refractivity contribution in [3.05, 3.63) is 62.6 Å². The molecule has 1 aromatic carbocycles. The molecule has 0 amide bonds. The lowest BCUT2D eigenvalue weighted by Gasteiger charge is -2.25. The maximum Gasteiger partial charge on any atom is 0.292 e. The van der Waals surface area contributed by atoms with E-state index in [9.17, 15) is 4.79 Å². The molecule has 3 heterocycles. The molecule has 2 aromatic heterocycles. The first kappa shape index (κ1) is 19.0. The van der Waals surface area contributed by atoms with Crippen molar-refractivity contribution < 1.29 is 4.52 Å². The summed E-state index contributed by atoms with van der Waals surface area (Å²) >= 11 is 12.4. The SMILES string of the molecule is CC(C)c1nc(C2CCCN2c2cnn(-c3ccc(Cl)cc3)c(=O)c2Cl)no1. The molecule has 3 aromatic rings. The second-order valence-electron chi connectivity index (χ2n) is 7.03. The van der Waals surface area contributed by atoms with Crippen molar-refractivity contribution >= 4 is 28.9 Å². The van der Waals surface area contributed by atoms with E-state index in [1.54, 1.807) is 30.5 Å². The second-order valence-corrected chi connectivity index (χ2v) is 7.85. The van der Waals surface area contributed by atoms with Crippen molar-refractivity contribution in [2.75, 3.05) is 11.4 Å². The maximum atomic E-state index is 12.8. The van der Waals surface area contributed by atoms with E-state index in [4.69, 9.17) is 27.7 Å². The van der Waals surface area contributed by atoms with Gasteiger partial charge >= 0.3 is 0 Å². The number of benzene rings is 1. The van der Waals surface area contributed by atoms with Crippen LogP contribution in [0, 0.1) is 0 Å². The zero-order valence-corrected chi connectivity index (χ0v) is 17.0. The molecule has 1 unspecified atom stereocenters. The van der Waals surface area contributed by atoms with Crippen molar-refractivity contribution in [1.29, 1.82) is 0 Å². The molecule has 1 fully saturated rings. The summed E-state index contributed by atoms with van der Waals surface area (Å²) in [5.41, 5.74) is 0.791. The van der Waals surface area contributed by atoms with E-state index >= 15 is 0 Å². The zero-order chi connectivity index (χ0) is 19.8. The summed E-state index contributed by atoms with van der Waals surface area (Å²) in [6, 6.07) is 6.75. The Balaban J connectivity index is 1.69. The fourth-order valence-electron chi connectivity index (χ4n) is 3.33. The monoisotopic (exact) mass is 419 g/mol. The first-order chi connectivity index (χ1) is 13.5. The third-order valence-electron chi connectivity index (χ3n) is 4.78. The predicted octanol–water partition coefficient (Wildman–Crippen LogP) is 4.39. The van der Waals surface area contributed by atoms with Crippen LogP contribution in [0.25, 0.3) is 5.69 Å². The van der Waals surface area contributed by atoms with E-state index < -0.39 is 0 Å². The molecule has 9 heteroatoms. The van der Waals surface area contributed by atoms with Gasteiger partial charge in [0.1, 0.15) is 5.02 Å². The number of anilines is 1. The first-order valence-corrected chi connectivity index (χ1v) is 9.85. The summed E-state index contributed by atoms with van der Waals surface area (Å²) in [5.74, 6) is 1.37. The maximum absolute atomic E-state index is 12.8. The molecule has 0 saturated carbocycles.